The number of hydrogen-bond acceptors (Lipinski definition) is 2. The van der Waals surface area contributed by atoms with Crippen molar-refractivity contribution in [3.8, 4) is 0 Å². The average Bonchev–Trinajstić information content (AvgIpc) is 2.45. The molecule has 3 nitrogen and oxygen atoms in total. The van der Waals surface area contributed by atoms with Crippen LogP contribution >= 0.6 is 15.9 Å². The van der Waals surface area contributed by atoms with Crippen LogP contribution in [0.5, 0.6) is 0 Å². The van der Waals surface area contributed by atoms with E-state index < -0.39 is 0 Å². The maximum atomic E-state index is 12.7. The second kappa shape index (κ2) is 7.23. The molecule has 0 aliphatic heterocycles. The smallest absolute Gasteiger partial charge is 0.254 e. The molecule has 0 aromatic heterocycles. The molecular formula is C16H23BrN2O. The van der Waals surface area contributed by atoms with Gasteiger partial charge in [-0.1, -0.05) is 28.9 Å². The summed E-state index contributed by atoms with van der Waals surface area (Å²) >= 11 is 3.44. The van der Waals surface area contributed by atoms with E-state index in [0.717, 1.165) is 48.7 Å². The second-order valence-electron chi connectivity index (χ2n) is 5.58. The zero-order valence-corrected chi connectivity index (χ0v) is 13.6. The Balaban J connectivity index is 2.13. The van der Waals surface area contributed by atoms with Gasteiger partial charge in [0.25, 0.3) is 5.91 Å². The van der Waals surface area contributed by atoms with Gasteiger partial charge >= 0.3 is 0 Å². The Kier molecular flexibility index (Phi) is 5.61. The molecule has 0 radical (unpaired) electrons. The average molecular weight is 339 g/mol. The molecule has 1 aliphatic rings. The van der Waals surface area contributed by atoms with Gasteiger partial charge in [0.15, 0.2) is 0 Å². The molecule has 0 unspecified atom stereocenters. The van der Waals surface area contributed by atoms with E-state index in [9.17, 15) is 4.79 Å². The van der Waals surface area contributed by atoms with E-state index in [2.05, 4.69) is 22.9 Å². The molecule has 0 saturated heterocycles. The van der Waals surface area contributed by atoms with Gasteiger partial charge in [-0.15, -0.1) is 0 Å². The first-order chi connectivity index (χ1) is 9.61. The lowest BCUT2D eigenvalue weighted by Gasteiger charge is -2.36. The summed E-state index contributed by atoms with van der Waals surface area (Å²) in [7, 11) is 0. The van der Waals surface area contributed by atoms with Crippen molar-refractivity contribution >= 4 is 21.8 Å². The minimum absolute atomic E-state index is 0.147. The van der Waals surface area contributed by atoms with Crippen LogP contribution < -0.4 is 5.73 Å². The quantitative estimate of drug-likeness (QED) is 0.912. The lowest BCUT2D eigenvalue weighted by Crippen LogP contribution is -2.44. The van der Waals surface area contributed by atoms with Crippen LogP contribution in [0.2, 0.25) is 0 Å². The van der Waals surface area contributed by atoms with E-state index in [0.29, 0.717) is 12.1 Å². The highest BCUT2D eigenvalue weighted by molar-refractivity contribution is 9.10. The van der Waals surface area contributed by atoms with Crippen molar-refractivity contribution < 1.29 is 4.79 Å². The van der Waals surface area contributed by atoms with Crippen LogP contribution in [0.3, 0.4) is 0 Å². The Bertz CT molecular complexity index is 456. The summed E-state index contributed by atoms with van der Waals surface area (Å²) in [6.07, 6.45) is 5.09. The first-order valence-corrected chi connectivity index (χ1v) is 8.23. The van der Waals surface area contributed by atoms with E-state index in [1.165, 1.54) is 0 Å². The molecule has 110 valence electrons. The fraction of sp³-hybridized carbons (Fsp3) is 0.562. The number of carbonyl (C=O) groups is 1. The first-order valence-electron chi connectivity index (χ1n) is 7.44. The van der Waals surface area contributed by atoms with E-state index >= 15 is 0 Å². The summed E-state index contributed by atoms with van der Waals surface area (Å²) in [5.41, 5.74) is 6.73. The highest BCUT2D eigenvalue weighted by Crippen LogP contribution is 2.24. The van der Waals surface area contributed by atoms with Crippen molar-refractivity contribution in [3.05, 3.63) is 34.3 Å². The van der Waals surface area contributed by atoms with Gasteiger partial charge < -0.3 is 10.6 Å². The Morgan fingerprint density at radius 2 is 2.05 bits per heavy atom. The lowest BCUT2D eigenvalue weighted by atomic mass is 9.90. The van der Waals surface area contributed by atoms with Gasteiger partial charge in [-0.3, -0.25) is 4.79 Å². The second-order valence-corrected chi connectivity index (χ2v) is 6.49. The summed E-state index contributed by atoms with van der Waals surface area (Å²) in [4.78, 5) is 14.8. The predicted molar refractivity (Wildman–Crippen MR) is 85.7 cm³/mol. The predicted octanol–water partition coefficient (Wildman–Crippen LogP) is 3.57. The summed E-state index contributed by atoms with van der Waals surface area (Å²) in [6, 6.07) is 8.32. The Hall–Kier alpha value is -0.870. The molecule has 0 heterocycles. The molecule has 4 heteroatoms. The molecule has 20 heavy (non-hydrogen) atoms. The van der Waals surface area contributed by atoms with Crippen molar-refractivity contribution in [3.63, 3.8) is 0 Å². The van der Waals surface area contributed by atoms with Crippen molar-refractivity contribution in [2.45, 2.75) is 51.1 Å². The van der Waals surface area contributed by atoms with E-state index in [4.69, 9.17) is 5.73 Å². The molecule has 0 atom stereocenters. The molecule has 0 bridgehead atoms. The van der Waals surface area contributed by atoms with Gasteiger partial charge in [0.2, 0.25) is 0 Å². The van der Waals surface area contributed by atoms with Gasteiger partial charge in [-0.25, -0.2) is 0 Å². The summed E-state index contributed by atoms with van der Waals surface area (Å²) < 4.78 is 0.950. The minimum atomic E-state index is 0.147. The SMILES string of the molecule is CCCN(C(=O)c1cccc(Br)c1)C1CCC(N)CC1. The number of nitrogens with zero attached hydrogens (tertiary/aromatic N) is 1. The first kappa shape index (κ1) is 15.5. The molecule has 1 aromatic carbocycles. The molecule has 0 spiro atoms. The van der Waals surface area contributed by atoms with E-state index in [-0.39, 0.29) is 5.91 Å². The van der Waals surface area contributed by atoms with Gasteiger partial charge in [0.05, 0.1) is 0 Å². The fourth-order valence-corrected chi connectivity index (χ4v) is 3.29. The molecule has 2 N–H and O–H groups in total. The monoisotopic (exact) mass is 338 g/mol. The van der Waals surface area contributed by atoms with Crippen LogP contribution in [0.4, 0.5) is 0 Å². The zero-order chi connectivity index (χ0) is 14.5. The van der Waals surface area contributed by atoms with Gasteiger partial charge in [-0.2, -0.15) is 0 Å². The minimum Gasteiger partial charge on any atom is -0.336 e. The normalized spacial score (nSPS) is 22.6. The third-order valence-corrected chi connectivity index (χ3v) is 4.47. The number of amides is 1. The lowest BCUT2D eigenvalue weighted by molar-refractivity contribution is 0.0626. The molecule has 1 saturated carbocycles. The van der Waals surface area contributed by atoms with Crippen molar-refractivity contribution in [1.82, 2.24) is 4.90 Å². The maximum absolute atomic E-state index is 12.7. The van der Waals surface area contributed by atoms with Gasteiger partial charge in [-0.05, 0) is 50.3 Å². The van der Waals surface area contributed by atoms with Crippen LogP contribution in [-0.2, 0) is 0 Å². The number of carbonyl (C=O) groups excluding carboxylic acids is 1. The number of hydrogen-bond donors (Lipinski definition) is 1. The van der Waals surface area contributed by atoms with Crippen LogP contribution in [-0.4, -0.2) is 29.4 Å². The van der Waals surface area contributed by atoms with Crippen molar-refractivity contribution in [2.24, 2.45) is 5.73 Å². The Labute approximate surface area is 129 Å². The van der Waals surface area contributed by atoms with Crippen LogP contribution in [0.1, 0.15) is 49.4 Å². The highest BCUT2D eigenvalue weighted by atomic mass is 79.9. The third kappa shape index (κ3) is 3.83. The zero-order valence-electron chi connectivity index (χ0n) is 12.0. The molecule has 1 fully saturated rings. The maximum Gasteiger partial charge on any atom is 0.254 e. The van der Waals surface area contributed by atoms with Gasteiger partial charge in [0.1, 0.15) is 0 Å². The fourth-order valence-electron chi connectivity index (χ4n) is 2.89. The molecule has 1 aromatic rings. The third-order valence-electron chi connectivity index (χ3n) is 3.98. The molecule has 1 amide bonds. The molecular weight excluding hydrogens is 316 g/mol. The largest absolute Gasteiger partial charge is 0.336 e. The number of nitrogens with two attached hydrogens (primary N) is 1. The van der Waals surface area contributed by atoms with Crippen molar-refractivity contribution in [1.29, 1.82) is 0 Å². The van der Waals surface area contributed by atoms with Crippen molar-refractivity contribution in [2.75, 3.05) is 6.54 Å². The number of halogens is 1. The molecule has 1 aliphatic carbocycles. The highest BCUT2D eigenvalue weighted by Gasteiger charge is 2.27. The number of benzene rings is 1. The Morgan fingerprint density at radius 3 is 2.65 bits per heavy atom. The van der Waals surface area contributed by atoms with E-state index in [1.54, 1.807) is 0 Å². The summed E-state index contributed by atoms with van der Waals surface area (Å²) in [5.74, 6) is 0.147. The van der Waals surface area contributed by atoms with Crippen LogP contribution in [0.15, 0.2) is 28.7 Å². The van der Waals surface area contributed by atoms with E-state index in [1.807, 2.05) is 29.2 Å². The standard InChI is InChI=1S/C16H23BrN2O/c1-2-10-19(15-8-6-14(18)7-9-15)16(20)12-4-3-5-13(17)11-12/h3-5,11,14-15H,2,6-10,18H2,1H3. The number of rotatable bonds is 4. The Morgan fingerprint density at radius 1 is 1.35 bits per heavy atom. The van der Waals surface area contributed by atoms with Gasteiger partial charge in [0, 0.05) is 28.7 Å². The topological polar surface area (TPSA) is 46.3 Å². The van der Waals surface area contributed by atoms with Crippen LogP contribution in [0.25, 0.3) is 0 Å². The summed E-state index contributed by atoms with van der Waals surface area (Å²) in [5, 5.41) is 0. The summed E-state index contributed by atoms with van der Waals surface area (Å²) in [6.45, 7) is 2.95. The van der Waals surface area contributed by atoms with Crippen LogP contribution in [0, 0.1) is 0 Å². The molecule has 2 rings (SSSR count).